The maximum atomic E-state index is 12.4. The van der Waals surface area contributed by atoms with E-state index in [1.54, 1.807) is 4.90 Å². The summed E-state index contributed by atoms with van der Waals surface area (Å²) in [6.07, 6.45) is 2.55. The molecule has 4 atom stereocenters. The molecule has 2 aliphatic heterocycles. The van der Waals surface area contributed by atoms with Crippen LogP contribution in [0.3, 0.4) is 0 Å². The lowest BCUT2D eigenvalue weighted by molar-refractivity contribution is -0.138. The van der Waals surface area contributed by atoms with Crippen molar-refractivity contribution in [1.82, 2.24) is 9.80 Å². The van der Waals surface area contributed by atoms with Crippen LogP contribution >= 0.6 is 0 Å². The van der Waals surface area contributed by atoms with Crippen molar-refractivity contribution in [3.8, 4) is 0 Å². The van der Waals surface area contributed by atoms with E-state index in [-0.39, 0.29) is 30.4 Å². The number of hydrogen-bond donors (Lipinski definition) is 2. The first-order valence-electron chi connectivity index (χ1n) is 7.48. The molecule has 1 saturated carbocycles. The molecular weight excluding hydrogens is 260 g/mol. The van der Waals surface area contributed by atoms with Crippen LogP contribution in [0.1, 0.15) is 25.7 Å². The summed E-state index contributed by atoms with van der Waals surface area (Å²) in [7, 11) is 0. The molecule has 0 aromatic rings. The molecule has 3 rings (SSSR count). The number of urea groups is 1. The van der Waals surface area contributed by atoms with E-state index in [0.717, 1.165) is 25.8 Å². The molecule has 2 saturated heterocycles. The summed E-state index contributed by atoms with van der Waals surface area (Å²) in [4.78, 5) is 26.8. The van der Waals surface area contributed by atoms with Gasteiger partial charge in [-0.2, -0.15) is 0 Å². The molecule has 0 bridgehead atoms. The minimum Gasteiger partial charge on any atom is -0.481 e. The number of amides is 2. The third kappa shape index (κ3) is 2.49. The number of aliphatic hydroxyl groups is 1. The molecule has 3 fully saturated rings. The summed E-state index contributed by atoms with van der Waals surface area (Å²) in [5.41, 5.74) is 0. The lowest BCUT2D eigenvalue weighted by Crippen LogP contribution is -2.41. The zero-order chi connectivity index (χ0) is 14.3. The normalized spacial score (nSPS) is 36.5. The van der Waals surface area contributed by atoms with Crippen LogP contribution in [0, 0.1) is 17.8 Å². The summed E-state index contributed by atoms with van der Waals surface area (Å²) in [5.74, 6) is -0.00462. The number of carboxylic acid groups (broad SMARTS) is 1. The van der Waals surface area contributed by atoms with Crippen LogP contribution < -0.4 is 0 Å². The van der Waals surface area contributed by atoms with Gasteiger partial charge in [0.2, 0.25) is 0 Å². The Morgan fingerprint density at radius 2 is 1.85 bits per heavy atom. The van der Waals surface area contributed by atoms with Gasteiger partial charge in [-0.1, -0.05) is 0 Å². The molecule has 0 radical (unpaired) electrons. The van der Waals surface area contributed by atoms with E-state index in [1.165, 1.54) is 0 Å². The number of fused-ring (bicyclic) bond motifs is 1. The second-order valence-corrected chi connectivity index (χ2v) is 6.45. The molecule has 3 aliphatic rings. The SMILES string of the molecule is O=C(O)CC1CCN(C(=O)N2CC3CCC(O)C3C2)C1. The Labute approximate surface area is 118 Å². The zero-order valence-corrected chi connectivity index (χ0v) is 11.6. The van der Waals surface area contributed by atoms with Gasteiger partial charge >= 0.3 is 12.0 Å². The molecule has 2 heterocycles. The van der Waals surface area contributed by atoms with Crippen molar-refractivity contribution in [2.75, 3.05) is 26.2 Å². The quantitative estimate of drug-likeness (QED) is 0.777. The Kier molecular flexibility index (Phi) is 3.58. The standard InChI is InChI=1S/C14H22N2O4/c17-12-2-1-10-7-16(8-11(10)12)14(20)15-4-3-9(6-15)5-13(18)19/h9-12,17H,1-8H2,(H,18,19). The van der Waals surface area contributed by atoms with Gasteiger partial charge in [-0.25, -0.2) is 4.79 Å². The van der Waals surface area contributed by atoms with E-state index >= 15 is 0 Å². The fourth-order valence-corrected chi connectivity index (χ4v) is 4.01. The van der Waals surface area contributed by atoms with Gasteiger partial charge in [-0.15, -0.1) is 0 Å². The van der Waals surface area contributed by atoms with Gasteiger partial charge < -0.3 is 20.0 Å². The van der Waals surface area contributed by atoms with E-state index in [9.17, 15) is 14.7 Å². The third-order valence-corrected chi connectivity index (χ3v) is 5.11. The van der Waals surface area contributed by atoms with E-state index in [1.807, 2.05) is 4.90 Å². The number of aliphatic hydroxyl groups excluding tert-OH is 1. The van der Waals surface area contributed by atoms with Crippen LogP contribution in [-0.4, -0.2) is 64.3 Å². The molecule has 2 N–H and O–H groups in total. The average Bonchev–Trinajstić information content (AvgIpc) is 3.06. The molecule has 4 unspecified atom stereocenters. The van der Waals surface area contributed by atoms with Crippen molar-refractivity contribution >= 4 is 12.0 Å². The highest BCUT2D eigenvalue weighted by molar-refractivity contribution is 5.75. The Hall–Kier alpha value is -1.30. The Bertz CT molecular complexity index is 414. The first-order valence-corrected chi connectivity index (χ1v) is 7.48. The van der Waals surface area contributed by atoms with Crippen LogP contribution in [0.25, 0.3) is 0 Å². The number of carboxylic acids is 1. The summed E-state index contributed by atoms with van der Waals surface area (Å²) in [6.45, 7) is 2.62. The molecule has 6 nitrogen and oxygen atoms in total. The highest BCUT2D eigenvalue weighted by atomic mass is 16.4. The predicted molar refractivity (Wildman–Crippen MR) is 71.1 cm³/mol. The highest BCUT2D eigenvalue weighted by Crippen LogP contribution is 2.38. The Morgan fingerprint density at radius 3 is 2.55 bits per heavy atom. The van der Waals surface area contributed by atoms with Gasteiger partial charge in [-0.05, 0) is 31.1 Å². The van der Waals surface area contributed by atoms with Gasteiger partial charge in [0, 0.05) is 38.5 Å². The molecule has 0 aromatic heterocycles. The fraction of sp³-hybridized carbons (Fsp3) is 0.857. The lowest BCUT2D eigenvalue weighted by Gasteiger charge is -2.25. The van der Waals surface area contributed by atoms with Crippen molar-refractivity contribution in [1.29, 1.82) is 0 Å². The molecule has 1 aliphatic carbocycles. The highest BCUT2D eigenvalue weighted by Gasteiger charge is 2.44. The van der Waals surface area contributed by atoms with Crippen molar-refractivity contribution < 1.29 is 19.8 Å². The monoisotopic (exact) mass is 282 g/mol. The first kappa shape index (κ1) is 13.7. The topological polar surface area (TPSA) is 81.1 Å². The van der Waals surface area contributed by atoms with E-state index in [0.29, 0.717) is 25.6 Å². The summed E-state index contributed by atoms with van der Waals surface area (Å²) < 4.78 is 0. The van der Waals surface area contributed by atoms with Crippen molar-refractivity contribution in [2.24, 2.45) is 17.8 Å². The number of hydrogen-bond acceptors (Lipinski definition) is 3. The zero-order valence-electron chi connectivity index (χ0n) is 11.6. The van der Waals surface area contributed by atoms with Gasteiger partial charge in [0.25, 0.3) is 0 Å². The van der Waals surface area contributed by atoms with Crippen LogP contribution in [0.4, 0.5) is 4.79 Å². The minimum atomic E-state index is -0.789. The summed E-state index contributed by atoms with van der Waals surface area (Å²) >= 11 is 0. The molecule has 0 aromatic carbocycles. The van der Waals surface area contributed by atoms with Gasteiger partial charge in [0.15, 0.2) is 0 Å². The molecule has 0 spiro atoms. The first-order chi connectivity index (χ1) is 9.54. The van der Waals surface area contributed by atoms with Gasteiger partial charge in [0.05, 0.1) is 6.10 Å². The van der Waals surface area contributed by atoms with Crippen molar-refractivity contribution in [2.45, 2.75) is 31.8 Å². The maximum absolute atomic E-state index is 12.4. The number of nitrogens with zero attached hydrogens (tertiary/aromatic N) is 2. The Balaban J connectivity index is 1.54. The summed E-state index contributed by atoms with van der Waals surface area (Å²) in [5, 5.41) is 18.7. The van der Waals surface area contributed by atoms with E-state index in [4.69, 9.17) is 5.11 Å². The summed E-state index contributed by atoms with van der Waals surface area (Å²) in [6, 6.07) is 0.0273. The number of likely N-dealkylation sites (tertiary alicyclic amines) is 2. The number of aliphatic carboxylic acids is 1. The van der Waals surface area contributed by atoms with Crippen LogP contribution in [0.2, 0.25) is 0 Å². The smallest absolute Gasteiger partial charge is 0.320 e. The largest absolute Gasteiger partial charge is 0.481 e. The molecule has 20 heavy (non-hydrogen) atoms. The van der Waals surface area contributed by atoms with Crippen LogP contribution in [-0.2, 0) is 4.79 Å². The fourth-order valence-electron chi connectivity index (χ4n) is 4.01. The number of carbonyl (C=O) groups is 2. The minimum absolute atomic E-state index is 0.0273. The number of carbonyl (C=O) groups excluding carboxylic acids is 1. The molecule has 6 heteroatoms. The lowest BCUT2D eigenvalue weighted by atomic mass is 10.00. The van der Waals surface area contributed by atoms with Crippen molar-refractivity contribution in [3.63, 3.8) is 0 Å². The molecular formula is C14H22N2O4. The van der Waals surface area contributed by atoms with Gasteiger partial charge in [-0.3, -0.25) is 4.79 Å². The van der Waals surface area contributed by atoms with E-state index in [2.05, 4.69) is 0 Å². The van der Waals surface area contributed by atoms with E-state index < -0.39 is 5.97 Å². The number of rotatable bonds is 2. The maximum Gasteiger partial charge on any atom is 0.320 e. The second kappa shape index (κ2) is 5.24. The molecule has 2 amide bonds. The van der Waals surface area contributed by atoms with Crippen LogP contribution in [0.5, 0.6) is 0 Å². The third-order valence-electron chi connectivity index (χ3n) is 5.11. The average molecular weight is 282 g/mol. The predicted octanol–water partition coefficient (Wildman–Crippen LogP) is 0.606. The second-order valence-electron chi connectivity index (χ2n) is 6.45. The van der Waals surface area contributed by atoms with Gasteiger partial charge in [0.1, 0.15) is 0 Å². The van der Waals surface area contributed by atoms with Crippen molar-refractivity contribution in [3.05, 3.63) is 0 Å². The van der Waals surface area contributed by atoms with Crippen LogP contribution in [0.15, 0.2) is 0 Å². The Morgan fingerprint density at radius 1 is 1.05 bits per heavy atom. The molecule has 112 valence electrons.